The first-order valence-corrected chi connectivity index (χ1v) is 4.56. The molecule has 7 heteroatoms. The maximum absolute atomic E-state index is 12.3. The number of esters is 1. The van der Waals surface area contributed by atoms with Crippen molar-refractivity contribution in [1.29, 1.82) is 0 Å². The average Bonchev–Trinajstić information content (AvgIpc) is 1.97. The van der Waals surface area contributed by atoms with Gasteiger partial charge in [-0.15, -0.1) is 0 Å². The van der Waals surface area contributed by atoms with E-state index in [-0.39, 0.29) is 0 Å². The van der Waals surface area contributed by atoms with Crippen LogP contribution in [0.5, 0.6) is 0 Å². The van der Waals surface area contributed by atoms with Crippen LogP contribution in [0.2, 0.25) is 0 Å². The second kappa shape index (κ2) is 4.21. The molecule has 2 unspecified atom stereocenters. The largest absolute Gasteiger partial charge is 0.459 e. The van der Waals surface area contributed by atoms with E-state index in [1.165, 1.54) is 20.8 Å². The lowest BCUT2D eigenvalue weighted by Crippen LogP contribution is -2.60. The molecule has 96 valence electrons. The molecular weight excluding hydrogens is 227 g/mol. The van der Waals surface area contributed by atoms with Gasteiger partial charge in [0.05, 0.1) is 0 Å². The molecule has 0 saturated heterocycles. The summed E-state index contributed by atoms with van der Waals surface area (Å²) in [4.78, 5) is 11.2. The van der Waals surface area contributed by atoms with Gasteiger partial charge in [0, 0.05) is 0 Å². The van der Waals surface area contributed by atoms with Gasteiger partial charge in [0.25, 0.3) is 0 Å². The van der Waals surface area contributed by atoms with Crippen molar-refractivity contribution in [3.05, 3.63) is 0 Å². The van der Waals surface area contributed by atoms with Gasteiger partial charge in [-0.25, -0.2) is 0 Å². The predicted octanol–water partition coefficient (Wildman–Crippen LogP) is 0.969. The summed E-state index contributed by atoms with van der Waals surface area (Å²) >= 11 is 0. The molecule has 4 nitrogen and oxygen atoms in total. The quantitative estimate of drug-likeness (QED) is 0.709. The van der Waals surface area contributed by atoms with Gasteiger partial charge in [-0.3, -0.25) is 4.79 Å². The molecule has 0 aromatic rings. The van der Waals surface area contributed by atoms with Gasteiger partial charge in [0.2, 0.25) is 0 Å². The molecule has 0 fully saturated rings. The number of hydrogen-bond acceptors (Lipinski definition) is 4. The highest BCUT2D eigenvalue weighted by atomic mass is 19.4. The molecule has 0 aliphatic heterocycles. The van der Waals surface area contributed by atoms with Gasteiger partial charge in [0.15, 0.2) is 5.60 Å². The van der Waals surface area contributed by atoms with E-state index in [0.717, 1.165) is 0 Å². The lowest BCUT2D eigenvalue weighted by molar-refractivity contribution is -0.262. The maximum Gasteiger partial charge on any atom is 0.419 e. The third kappa shape index (κ3) is 3.64. The molecule has 0 bridgehead atoms. The number of hydrogen-bond donors (Lipinski definition) is 2. The summed E-state index contributed by atoms with van der Waals surface area (Å²) in [7, 11) is 0. The van der Waals surface area contributed by atoms with Crippen LogP contribution in [0.15, 0.2) is 0 Å². The first-order chi connectivity index (χ1) is 6.79. The Balaban J connectivity index is 4.81. The van der Waals surface area contributed by atoms with Crippen LogP contribution in [0, 0.1) is 0 Å². The zero-order chi connectivity index (χ0) is 13.4. The summed E-state index contributed by atoms with van der Waals surface area (Å²) in [6, 6.07) is -2.17. The van der Waals surface area contributed by atoms with Crippen molar-refractivity contribution in [3.63, 3.8) is 0 Å². The summed E-state index contributed by atoms with van der Waals surface area (Å²) in [6.45, 7) is 4.89. The zero-order valence-electron chi connectivity index (χ0n) is 9.55. The molecule has 0 heterocycles. The van der Waals surface area contributed by atoms with Gasteiger partial charge in [-0.2, -0.15) is 13.2 Å². The smallest absolute Gasteiger partial charge is 0.419 e. The molecule has 2 atom stereocenters. The van der Waals surface area contributed by atoms with Crippen molar-refractivity contribution in [2.45, 2.75) is 51.1 Å². The number of ether oxygens (including phenoxy) is 1. The summed E-state index contributed by atoms with van der Waals surface area (Å²) in [5, 5.41) is 9.14. The molecule has 16 heavy (non-hydrogen) atoms. The third-order valence-corrected chi connectivity index (χ3v) is 1.84. The second-order valence-electron chi connectivity index (χ2n) is 4.66. The van der Waals surface area contributed by atoms with E-state index >= 15 is 0 Å². The van der Waals surface area contributed by atoms with Crippen molar-refractivity contribution < 1.29 is 27.8 Å². The van der Waals surface area contributed by atoms with Crippen molar-refractivity contribution in [2.75, 3.05) is 0 Å². The number of aliphatic hydroxyl groups is 1. The Kier molecular flexibility index (Phi) is 4.00. The SMILES string of the molecule is CC(C)(C)OC(=O)C(N)C(C)(O)C(F)(F)F. The number of alkyl halides is 3. The van der Waals surface area contributed by atoms with Gasteiger partial charge >= 0.3 is 12.1 Å². The fourth-order valence-corrected chi connectivity index (χ4v) is 0.771. The molecule has 0 amide bonds. The number of rotatable bonds is 2. The van der Waals surface area contributed by atoms with Crippen LogP contribution in [0.3, 0.4) is 0 Å². The van der Waals surface area contributed by atoms with E-state index in [9.17, 15) is 18.0 Å². The molecule has 0 rings (SSSR count). The van der Waals surface area contributed by atoms with Crippen LogP contribution in [0.25, 0.3) is 0 Å². The van der Waals surface area contributed by atoms with E-state index in [0.29, 0.717) is 6.92 Å². The Morgan fingerprint density at radius 2 is 1.62 bits per heavy atom. The van der Waals surface area contributed by atoms with E-state index < -0.39 is 29.4 Å². The Morgan fingerprint density at radius 3 is 1.88 bits per heavy atom. The van der Waals surface area contributed by atoms with Crippen molar-refractivity contribution in [3.8, 4) is 0 Å². The highest BCUT2D eigenvalue weighted by Crippen LogP contribution is 2.32. The Labute approximate surface area is 91.6 Å². The molecule has 0 aromatic carbocycles. The monoisotopic (exact) mass is 243 g/mol. The summed E-state index contributed by atoms with van der Waals surface area (Å²) in [6.07, 6.45) is -5.00. The lowest BCUT2D eigenvalue weighted by atomic mass is 9.96. The highest BCUT2D eigenvalue weighted by molar-refractivity contribution is 5.77. The fourth-order valence-electron chi connectivity index (χ4n) is 0.771. The van der Waals surface area contributed by atoms with E-state index in [1.54, 1.807) is 0 Å². The molecule has 0 aliphatic carbocycles. The minimum atomic E-state index is -5.00. The van der Waals surface area contributed by atoms with Crippen LogP contribution in [-0.2, 0) is 9.53 Å². The average molecular weight is 243 g/mol. The van der Waals surface area contributed by atoms with Crippen molar-refractivity contribution >= 4 is 5.97 Å². The molecule has 3 N–H and O–H groups in total. The first-order valence-electron chi connectivity index (χ1n) is 4.56. The van der Waals surface area contributed by atoms with Crippen LogP contribution >= 0.6 is 0 Å². The number of carbonyl (C=O) groups is 1. The molecule has 0 aromatic heterocycles. The minimum Gasteiger partial charge on any atom is -0.459 e. The maximum atomic E-state index is 12.3. The van der Waals surface area contributed by atoms with Gasteiger partial charge in [-0.05, 0) is 27.7 Å². The van der Waals surface area contributed by atoms with Crippen LogP contribution in [0.4, 0.5) is 13.2 Å². The molecule has 0 aliphatic rings. The van der Waals surface area contributed by atoms with Crippen LogP contribution < -0.4 is 5.73 Å². The summed E-state index contributed by atoms with van der Waals surface area (Å²) < 4.78 is 41.7. The van der Waals surface area contributed by atoms with E-state index in [2.05, 4.69) is 4.74 Å². The van der Waals surface area contributed by atoms with Gasteiger partial charge in [0.1, 0.15) is 11.6 Å². The van der Waals surface area contributed by atoms with Crippen molar-refractivity contribution in [2.24, 2.45) is 5.73 Å². The molecule has 0 saturated carbocycles. The Bertz CT molecular complexity index is 268. The number of halogens is 3. The number of carbonyl (C=O) groups excluding carboxylic acids is 1. The molecule has 0 radical (unpaired) electrons. The van der Waals surface area contributed by atoms with E-state index in [4.69, 9.17) is 10.8 Å². The predicted molar refractivity (Wildman–Crippen MR) is 50.5 cm³/mol. The molecule has 0 spiro atoms. The lowest BCUT2D eigenvalue weighted by Gasteiger charge is -2.32. The van der Waals surface area contributed by atoms with Crippen LogP contribution in [0.1, 0.15) is 27.7 Å². The standard InChI is InChI=1S/C9H16F3NO3/c1-7(2,3)16-6(14)5(13)8(4,15)9(10,11)12/h5,15H,13H2,1-4H3. The fraction of sp³-hybridized carbons (Fsp3) is 0.889. The molecular formula is C9H16F3NO3. The zero-order valence-corrected chi connectivity index (χ0v) is 9.55. The first kappa shape index (κ1) is 15.2. The summed E-state index contributed by atoms with van der Waals surface area (Å²) in [5.74, 6) is -1.30. The van der Waals surface area contributed by atoms with E-state index in [1.807, 2.05) is 0 Å². The second-order valence-corrected chi connectivity index (χ2v) is 4.66. The van der Waals surface area contributed by atoms with Crippen LogP contribution in [-0.4, -0.2) is 34.5 Å². The Hall–Kier alpha value is -0.820. The summed E-state index contributed by atoms with van der Waals surface area (Å²) in [5.41, 5.74) is 0.772. The van der Waals surface area contributed by atoms with Crippen molar-refractivity contribution in [1.82, 2.24) is 0 Å². The van der Waals surface area contributed by atoms with Gasteiger partial charge in [-0.1, -0.05) is 0 Å². The highest BCUT2D eigenvalue weighted by Gasteiger charge is 2.57. The minimum absolute atomic E-state index is 0.432. The van der Waals surface area contributed by atoms with Gasteiger partial charge < -0.3 is 15.6 Å². The third-order valence-electron chi connectivity index (χ3n) is 1.84. The topological polar surface area (TPSA) is 72.5 Å². The Morgan fingerprint density at radius 1 is 1.25 bits per heavy atom. The number of nitrogens with two attached hydrogens (primary N) is 1. The normalized spacial score (nSPS) is 18.8.